The summed E-state index contributed by atoms with van der Waals surface area (Å²) in [5, 5.41) is 0. The number of hydrogen-bond donors (Lipinski definition) is 0. The van der Waals surface area contributed by atoms with Crippen LogP contribution in [0.2, 0.25) is 0 Å². The molecule has 0 spiro atoms. The van der Waals surface area contributed by atoms with Crippen molar-refractivity contribution in [2.45, 2.75) is 13.8 Å². The van der Waals surface area contributed by atoms with Crippen LogP contribution in [0.3, 0.4) is 0 Å². The summed E-state index contributed by atoms with van der Waals surface area (Å²) in [5.41, 5.74) is 10.1. The Morgan fingerprint density at radius 2 is 1.64 bits per heavy atom. The molecule has 0 heterocycles. The van der Waals surface area contributed by atoms with Crippen LogP contribution in [-0.2, 0) is 18.6 Å². The van der Waals surface area contributed by atoms with E-state index in [9.17, 15) is 0 Å². The number of benzene rings is 1. The van der Waals surface area contributed by atoms with Gasteiger partial charge in [0.1, 0.15) is 0 Å². The molecular formula is C12H17NV. The van der Waals surface area contributed by atoms with E-state index < -0.39 is 0 Å². The first-order chi connectivity index (χ1) is 5.61. The van der Waals surface area contributed by atoms with E-state index in [-0.39, 0.29) is 26.0 Å². The Morgan fingerprint density at radius 3 is 2.00 bits per heavy atom. The predicted octanol–water partition coefficient (Wildman–Crippen LogP) is 4.49. The van der Waals surface area contributed by atoms with Crippen LogP contribution < -0.4 is 0 Å². The maximum Gasteiger partial charge on any atom is 2.00 e. The number of nitrogens with one attached hydrogen (secondary N) is 1. The summed E-state index contributed by atoms with van der Waals surface area (Å²) in [6.45, 7) is 8.24. The van der Waals surface area contributed by atoms with Gasteiger partial charge in [-0.05, 0) is 17.1 Å². The maximum absolute atomic E-state index is 7.31. The molecule has 0 aromatic heterocycles. The van der Waals surface area contributed by atoms with Gasteiger partial charge in [0.25, 0.3) is 0 Å². The van der Waals surface area contributed by atoms with Gasteiger partial charge in [-0.25, -0.2) is 0 Å². The largest absolute Gasteiger partial charge is 2.00 e. The molecule has 1 radical (unpaired) electrons. The fourth-order valence-electron chi connectivity index (χ4n) is 1.02. The summed E-state index contributed by atoms with van der Waals surface area (Å²) in [6, 6.07) is 7.49. The number of rotatable bonds is 2. The Bertz CT molecular complexity index is 275. The van der Waals surface area contributed by atoms with Crippen molar-refractivity contribution in [1.82, 2.24) is 0 Å². The Kier molecular flexibility index (Phi) is 7.62. The first-order valence-corrected chi connectivity index (χ1v) is 4.12. The van der Waals surface area contributed by atoms with Crippen molar-refractivity contribution in [2.24, 2.45) is 5.92 Å². The molecule has 1 aromatic carbocycles. The van der Waals surface area contributed by atoms with Crippen molar-refractivity contribution < 1.29 is 18.6 Å². The van der Waals surface area contributed by atoms with E-state index in [0.29, 0.717) is 11.6 Å². The zero-order valence-corrected chi connectivity index (χ0v) is 10.4. The molecule has 0 aliphatic rings. The first-order valence-electron chi connectivity index (χ1n) is 4.12. The Morgan fingerprint density at radius 1 is 1.21 bits per heavy atom. The fraction of sp³-hybridized carbons (Fsp3) is 0.250. The van der Waals surface area contributed by atoms with Gasteiger partial charge in [0.2, 0.25) is 0 Å². The van der Waals surface area contributed by atoms with Crippen LogP contribution in [0, 0.1) is 13.3 Å². The normalized spacial score (nSPS) is 8.79. The van der Waals surface area contributed by atoms with E-state index in [1.54, 1.807) is 12.1 Å². The van der Waals surface area contributed by atoms with Crippen LogP contribution in [-0.4, -0.2) is 0 Å². The number of hydrogen-bond acceptors (Lipinski definition) is 0. The fourth-order valence-corrected chi connectivity index (χ4v) is 1.02. The molecule has 2 heteroatoms. The summed E-state index contributed by atoms with van der Waals surface area (Å²) in [4.78, 5) is 0. The summed E-state index contributed by atoms with van der Waals surface area (Å²) in [7, 11) is 0. The monoisotopic (exact) mass is 226 g/mol. The van der Waals surface area contributed by atoms with Crippen molar-refractivity contribution in [1.29, 1.82) is 0 Å². The van der Waals surface area contributed by atoms with E-state index in [1.165, 1.54) is 0 Å². The number of allylic oxidation sites excluding steroid dienone is 1. The average molecular weight is 226 g/mol. The molecule has 0 fully saturated rings. The molecule has 14 heavy (non-hydrogen) atoms. The molecule has 0 aliphatic heterocycles. The Hall–Kier alpha value is -0.656. The minimum Gasteiger partial charge on any atom is -0.699 e. The van der Waals surface area contributed by atoms with Crippen molar-refractivity contribution in [3.05, 3.63) is 49.6 Å². The van der Waals surface area contributed by atoms with Crippen molar-refractivity contribution >= 4 is 11.3 Å². The van der Waals surface area contributed by atoms with Gasteiger partial charge < -0.3 is 13.2 Å². The van der Waals surface area contributed by atoms with Crippen molar-refractivity contribution in [3.8, 4) is 0 Å². The van der Waals surface area contributed by atoms with Crippen LogP contribution in [0.5, 0.6) is 0 Å². The van der Waals surface area contributed by atoms with Gasteiger partial charge in [-0.15, -0.1) is 5.69 Å². The van der Waals surface area contributed by atoms with Gasteiger partial charge in [0, 0.05) is 0 Å². The van der Waals surface area contributed by atoms with Gasteiger partial charge in [-0.2, -0.15) is 0 Å². The van der Waals surface area contributed by atoms with E-state index >= 15 is 0 Å². The van der Waals surface area contributed by atoms with Gasteiger partial charge in [-0.1, -0.05) is 44.7 Å². The summed E-state index contributed by atoms with van der Waals surface area (Å²) in [5.74, 6) is 0.474. The molecule has 75 valence electrons. The average Bonchev–Trinajstić information content (AvgIpc) is 2.04. The molecule has 0 aliphatic carbocycles. The molecule has 0 amide bonds. The summed E-state index contributed by atoms with van der Waals surface area (Å²) >= 11 is 0. The quantitative estimate of drug-likeness (QED) is 0.663. The maximum atomic E-state index is 7.31. The molecule has 0 unspecified atom stereocenters. The molecule has 1 aromatic rings. The predicted molar refractivity (Wildman–Crippen MR) is 60.7 cm³/mol. The Labute approximate surface area is 99.3 Å². The minimum absolute atomic E-state index is 0. The SMILES string of the molecule is C=C(c1ccc([NH-])cc1)C(C)C.[CH3-].[V+2]. The van der Waals surface area contributed by atoms with Crippen LogP contribution in [0.4, 0.5) is 5.69 Å². The van der Waals surface area contributed by atoms with Gasteiger partial charge in [0.05, 0.1) is 0 Å². The van der Waals surface area contributed by atoms with E-state index in [0.717, 1.165) is 11.1 Å². The summed E-state index contributed by atoms with van der Waals surface area (Å²) in [6.07, 6.45) is 0. The van der Waals surface area contributed by atoms with Crippen molar-refractivity contribution in [2.75, 3.05) is 0 Å². The molecule has 0 saturated carbocycles. The molecule has 1 N–H and O–H groups in total. The van der Waals surface area contributed by atoms with Crippen LogP contribution in [0.1, 0.15) is 19.4 Å². The molecule has 0 bridgehead atoms. The first kappa shape index (κ1) is 15.8. The van der Waals surface area contributed by atoms with Crippen LogP contribution in [0.25, 0.3) is 11.3 Å². The van der Waals surface area contributed by atoms with E-state index in [4.69, 9.17) is 5.73 Å². The third-order valence-electron chi connectivity index (χ3n) is 1.95. The second-order valence-corrected chi connectivity index (χ2v) is 3.26. The third kappa shape index (κ3) is 4.04. The third-order valence-corrected chi connectivity index (χ3v) is 1.95. The van der Waals surface area contributed by atoms with Gasteiger partial charge in [0.15, 0.2) is 0 Å². The van der Waals surface area contributed by atoms with Gasteiger partial charge >= 0.3 is 18.6 Å². The summed E-state index contributed by atoms with van der Waals surface area (Å²) < 4.78 is 0. The zero-order valence-electron chi connectivity index (χ0n) is 9.04. The Balaban J connectivity index is 0. The second-order valence-electron chi connectivity index (χ2n) is 3.26. The van der Waals surface area contributed by atoms with E-state index in [2.05, 4.69) is 20.4 Å². The molecule has 1 rings (SSSR count). The molecule has 0 atom stereocenters. The van der Waals surface area contributed by atoms with E-state index in [1.807, 2.05) is 12.1 Å². The molecular weight excluding hydrogens is 209 g/mol. The second kappa shape index (κ2) is 6.75. The molecule has 0 saturated heterocycles. The van der Waals surface area contributed by atoms with Crippen molar-refractivity contribution in [3.63, 3.8) is 0 Å². The smallest absolute Gasteiger partial charge is 0.699 e. The minimum atomic E-state index is 0. The zero-order chi connectivity index (χ0) is 9.14. The standard InChI is InChI=1S/C11H14N.CH3.V/c1-8(2)9(3)10-4-6-11(12)7-5-10;;/h4-8,12H,3H2,1-2H3;1H3;/q2*-1;+2. The van der Waals surface area contributed by atoms with Crippen LogP contribution in [0.15, 0.2) is 30.8 Å². The van der Waals surface area contributed by atoms with Gasteiger partial charge in [-0.3, -0.25) is 0 Å². The molecule has 1 nitrogen and oxygen atoms in total. The topological polar surface area (TPSA) is 23.8 Å². The van der Waals surface area contributed by atoms with Crippen LogP contribution >= 0.6 is 0 Å².